The summed E-state index contributed by atoms with van der Waals surface area (Å²) in [5.74, 6) is 0. The molecule has 0 saturated carbocycles. The Morgan fingerprint density at radius 3 is 1.25 bits per heavy atom. The summed E-state index contributed by atoms with van der Waals surface area (Å²) in [5, 5.41) is 0. The summed E-state index contributed by atoms with van der Waals surface area (Å²) >= 11 is 0.500. The first-order chi connectivity index (χ1) is 1.41. The Bertz CT molecular complexity index is 6.00. The number of hydrogen-bond acceptors (Lipinski definition) is 0. The van der Waals surface area contributed by atoms with E-state index in [1.165, 1.54) is 0 Å². The fourth-order valence-corrected chi connectivity index (χ4v) is 0. The zero-order chi connectivity index (χ0) is 2.71. The third-order valence-electron chi connectivity index (χ3n) is 0. The third kappa shape index (κ3) is 17.8. The van der Waals surface area contributed by atoms with Crippen molar-refractivity contribution in [2.45, 2.75) is 11.4 Å². The van der Waals surface area contributed by atoms with Crippen molar-refractivity contribution in [2.75, 3.05) is 0 Å². The van der Waals surface area contributed by atoms with Gasteiger partial charge < -0.3 is 0 Å². The molecule has 0 atom stereocenters. The molecule has 0 bridgehead atoms. The monoisotopic (exact) mass is 117 g/mol. The van der Waals surface area contributed by atoms with Crippen LogP contribution in [0.2, 0.25) is 11.4 Å². The maximum Gasteiger partial charge on any atom is 0 e. The predicted molar refractivity (Wildman–Crippen MR) is 24.6 cm³/mol. The van der Waals surface area contributed by atoms with Crippen LogP contribution in [0.25, 0.3) is 0 Å². The van der Waals surface area contributed by atoms with E-state index < -0.39 is 0 Å². The Balaban J connectivity index is 0. The van der Waals surface area contributed by atoms with Crippen LogP contribution in [0.15, 0.2) is 0 Å². The van der Waals surface area contributed by atoms with Crippen molar-refractivity contribution >= 4 is 24.2 Å². The second-order valence-electron chi connectivity index (χ2n) is 0.500. The van der Waals surface area contributed by atoms with Crippen molar-refractivity contribution in [3.8, 4) is 0 Å². The summed E-state index contributed by atoms with van der Waals surface area (Å²) in [4.78, 5) is 0. The van der Waals surface area contributed by atoms with Gasteiger partial charge in [0.15, 0.2) is 0 Å². The Labute approximate surface area is 36.2 Å². The van der Waals surface area contributed by atoms with E-state index in [0.29, 0.717) is 15.8 Å². The smallest absolute Gasteiger partial charge is 0 e. The van der Waals surface area contributed by atoms with Gasteiger partial charge in [0.25, 0.3) is 0 Å². The van der Waals surface area contributed by atoms with Crippen molar-refractivity contribution in [1.29, 1.82) is 0 Å². The normalized spacial score (nSPS) is 4.50. The third-order valence-corrected chi connectivity index (χ3v) is 0. The average molecular weight is 117 g/mol. The minimum absolute atomic E-state index is 0. The molecule has 0 aliphatic rings. The van der Waals surface area contributed by atoms with Crippen molar-refractivity contribution in [3.05, 3.63) is 0 Å². The summed E-state index contributed by atoms with van der Waals surface area (Å²) in [6.45, 7) is 0. The van der Waals surface area contributed by atoms with Crippen LogP contribution in [0.5, 0.6) is 0 Å². The van der Waals surface area contributed by atoms with Crippen molar-refractivity contribution in [3.63, 3.8) is 0 Å². The quantitative estimate of drug-likeness (QED) is 0.395. The molecule has 0 fully saturated rings. The molecule has 0 aromatic rings. The van der Waals surface area contributed by atoms with Gasteiger partial charge in [-0.25, -0.2) is 0 Å². The molecule has 0 aromatic carbocycles. The van der Waals surface area contributed by atoms with Crippen LogP contribution in [-0.4, -0.2) is 24.2 Å². The molecule has 2 heteroatoms. The van der Waals surface area contributed by atoms with Crippen LogP contribution in [0.3, 0.4) is 0 Å². The Morgan fingerprint density at radius 1 is 1.25 bits per heavy atom. The second kappa shape index (κ2) is 9.46. The largest absolute Gasteiger partial charge is 0 e. The number of rotatable bonds is 0. The van der Waals surface area contributed by atoms with Crippen LogP contribution in [0.4, 0.5) is 0 Å². The molecule has 0 N–H and O–H groups in total. The molecule has 0 aliphatic heterocycles. The molecule has 0 amide bonds. The van der Waals surface area contributed by atoms with Gasteiger partial charge in [0.2, 0.25) is 0 Å². The molecule has 23 valence electrons. The molecule has 4 heavy (non-hydrogen) atoms. The van der Waals surface area contributed by atoms with Gasteiger partial charge in [0, 0.05) is 8.41 Å². The van der Waals surface area contributed by atoms with E-state index in [1.54, 1.807) is 0 Å². The summed E-state index contributed by atoms with van der Waals surface area (Å²) in [6.07, 6.45) is 0. The zero-order valence-electron chi connectivity index (χ0n) is 3.08. The van der Waals surface area contributed by atoms with Gasteiger partial charge in [0.05, 0.1) is 0 Å². The van der Waals surface area contributed by atoms with Gasteiger partial charge in [-0.05, 0) is 0 Å². The van der Waals surface area contributed by atoms with E-state index in [9.17, 15) is 0 Å². The Morgan fingerprint density at radius 2 is 1.25 bits per heavy atom. The molecule has 0 aromatic heterocycles. The molecular formula is C2H7AsB. The van der Waals surface area contributed by atoms with Crippen molar-refractivity contribution < 1.29 is 0 Å². The summed E-state index contributed by atoms with van der Waals surface area (Å²) in [5.41, 5.74) is 4.50. The first-order valence-corrected chi connectivity index (χ1v) is 5.20. The Hall–Kier alpha value is 0.623. The van der Waals surface area contributed by atoms with Crippen molar-refractivity contribution in [1.82, 2.24) is 0 Å². The molecule has 0 saturated heterocycles. The fraction of sp³-hybridized carbons (Fsp3) is 1.00. The molecule has 3 radical (unpaired) electrons. The molecule has 0 spiro atoms. The zero-order valence-corrected chi connectivity index (χ0v) is 5.18. The van der Waals surface area contributed by atoms with E-state index in [1.807, 2.05) is 0 Å². The van der Waals surface area contributed by atoms with Gasteiger partial charge >= 0.3 is 27.2 Å². The van der Waals surface area contributed by atoms with Gasteiger partial charge in [-0.2, -0.15) is 0 Å². The minimum Gasteiger partial charge on any atom is 0 e. The Kier molecular flexibility index (Phi) is 20.9. The van der Waals surface area contributed by atoms with Crippen LogP contribution in [0.1, 0.15) is 0 Å². The van der Waals surface area contributed by atoms with Gasteiger partial charge in [-0.15, -0.1) is 0 Å². The van der Waals surface area contributed by atoms with Gasteiger partial charge in [0.1, 0.15) is 0 Å². The molecular weight excluding hydrogens is 110 g/mol. The first kappa shape index (κ1) is 8.82. The van der Waals surface area contributed by atoms with Crippen LogP contribution < -0.4 is 0 Å². The van der Waals surface area contributed by atoms with Gasteiger partial charge in [-0.3, -0.25) is 0 Å². The maximum absolute atomic E-state index is 2.25. The summed E-state index contributed by atoms with van der Waals surface area (Å²) < 4.78 is 0. The maximum atomic E-state index is 2.25. The van der Waals surface area contributed by atoms with Crippen LogP contribution in [0, 0.1) is 0 Å². The molecule has 0 heterocycles. The van der Waals surface area contributed by atoms with Crippen molar-refractivity contribution in [2.24, 2.45) is 0 Å². The standard InChI is InChI=1S/C2H7As.B/c1-3-2;/h3H,1-2H3;. The van der Waals surface area contributed by atoms with E-state index in [4.69, 9.17) is 0 Å². The summed E-state index contributed by atoms with van der Waals surface area (Å²) in [7, 11) is 0. The fourth-order valence-electron chi connectivity index (χ4n) is 0. The molecule has 0 aliphatic carbocycles. The molecule has 0 nitrogen and oxygen atoms in total. The van der Waals surface area contributed by atoms with E-state index in [-0.39, 0.29) is 8.41 Å². The topological polar surface area (TPSA) is 0 Å². The SMILES string of the molecule is C[AsH]C.[B]. The molecule has 0 rings (SSSR count). The van der Waals surface area contributed by atoms with E-state index in [2.05, 4.69) is 11.4 Å². The minimum atomic E-state index is 0. The molecule has 0 unspecified atom stereocenters. The van der Waals surface area contributed by atoms with Gasteiger partial charge in [-0.1, -0.05) is 0 Å². The van der Waals surface area contributed by atoms with Crippen LogP contribution >= 0.6 is 0 Å². The van der Waals surface area contributed by atoms with Crippen LogP contribution in [-0.2, 0) is 0 Å². The average Bonchev–Trinajstić information content (AvgIpc) is 0.918. The van der Waals surface area contributed by atoms with E-state index >= 15 is 0 Å². The summed E-state index contributed by atoms with van der Waals surface area (Å²) in [6, 6.07) is 0. The predicted octanol–water partition coefficient (Wildman–Crippen LogP) is 0.138. The first-order valence-electron chi connectivity index (χ1n) is 1.00. The number of hydrogen-bond donors (Lipinski definition) is 0. The van der Waals surface area contributed by atoms with E-state index in [0.717, 1.165) is 0 Å². The second-order valence-corrected chi connectivity index (χ2v) is 2.60.